The summed E-state index contributed by atoms with van der Waals surface area (Å²) in [5.41, 5.74) is 3.57. The maximum Gasteiger partial charge on any atom is 0.269 e. The lowest BCUT2D eigenvalue weighted by Gasteiger charge is -2.08. The number of hydrogen-bond acceptors (Lipinski definition) is 5. The summed E-state index contributed by atoms with van der Waals surface area (Å²) in [4.78, 5) is 16.1. The van der Waals surface area contributed by atoms with Crippen LogP contribution in [0.25, 0.3) is 11.3 Å². The van der Waals surface area contributed by atoms with Gasteiger partial charge in [-0.05, 0) is 54.4 Å². The average molecular weight is 426 g/mol. The number of aromatic nitrogens is 1. The van der Waals surface area contributed by atoms with Gasteiger partial charge in [0.15, 0.2) is 4.80 Å². The number of thiazole rings is 1. The first kappa shape index (κ1) is 19.2. The molecule has 0 N–H and O–H groups in total. The van der Waals surface area contributed by atoms with Crippen LogP contribution in [0.5, 0.6) is 0 Å². The van der Waals surface area contributed by atoms with Gasteiger partial charge in [0, 0.05) is 22.5 Å². The smallest absolute Gasteiger partial charge is 0.269 e. The molecule has 0 fully saturated rings. The first-order valence-corrected chi connectivity index (χ1v) is 10.0. The van der Waals surface area contributed by atoms with Gasteiger partial charge in [-0.1, -0.05) is 17.7 Å². The second-order valence-corrected chi connectivity index (χ2v) is 7.66. The number of non-ortho nitro benzene ring substituents is 1. The predicted molar refractivity (Wildman–Crippen MR) is 114 cm³/mol. The molecule has 0 aliphatic heterocycles. The van der Waals surface area contributed by atoms with Gasteiger partial charge < -0.3 is 8.98 Å². The van der Waals surface area contributed by atoms with Gasteiger partial charge in [0.25, 0.3) is 5.69 Å². The van der Waals surface area contributed by atoms with Crippen molar-refractivity contribution in [2.75, 3.05) is 0 Å². The van der Waals surface area contributed by atoms with E-state index in [-0.39, 0.29) is 5.69 Å². The van der Waals surface area contributed by atoms with Gasteiger partial charge in [0.05, 0.1) is 29.1 Å². The largest absolute Gasteiger partial charge is 0.467 e. The van der Waals surface area contributed by atoms with Crippen LogP contribution in [-0.4, -0.2) is 9.49 Å². The predicted octanol–water partition coefficient (Wildman–Crippen LogP) is 5.96. The van der Waals surface area contributed by atoms with E-state index in [1.807, 2.05) is 47.2 Å². The first-order valence-electron chi connectivity index (χ1n) is 8.78. The van der Waals surface area contributed by atoms with E-state index in [2.05, 4.69) is 0 Å². The van der Waals surface area contributed by atoms with E-state index < -0.39 is 4.92 Å². The Morgan fingerprint density at radius 2 is 2.00 bits per heavy atom. The summed E-state index contributed by atoms with van der Waals surface area (Å²) in [6.45, 7) is 2.43. The third-order valence-corrected chi connectivity index (χ3v) is 5.72. The maximum absolute atomic E-state index is 11.0. The summed E-state index contributed by atoms with van der Waals surface area (Å²) in [6.07, 6.45) is 1.63. The zero-order valence-electron chi connectivity index (χ0n) is 15.4. The number of aryl methyl sites for hydroxylation is 1. The van der Waals surface area contributed by atoms with Crippen molar-refractivity contribution in [1.82, 2.24) is 4.57 Å². The molecule has 0 bridgehead atoms. The van der Waals surface area contributed by atoms with Crippen LogP contribution < -0.4 is 4.80 Å². The van der Waals surface area contributed by atoms with Crippen molar-refractivity contribution < 1.29 is 9.34 Å². The molecule has 8 heteroatoms. The number of hydrogen-bond donors (Lipinski definition) is 0. The molecule has 0 amide bonds. The minimum atomic E-state index is -0.407. The number of nitro groups is 1. The molecular weight excluding hydrogens is 410 g/mol. The topological polar surface area (TPSA) is 73.6 Å². The van der Waals surface area contributed by atoms with Crippen LogP contribution in [0.4, 0.5) is 11.4 Å². The van der Waals surface area contributed by atoms with E-state index in [1.165, 1.54) is 23.5 Å². The van der Waals surface area contributed by atoms with Gasteiger partial charge in [-0.15, -0.1) is 11.3 Å². The molecule has 0 aliphatic rings. The van der Waals surface area contributed by atoms with Gasteiger partial charge in [0.2, 0.25) is 0 Å². The molecule has 0 aliphatic carbocycles. The van der Waals surface area contributed by atoms with Crippen molar-refractivity contribution in [3.05, 3.63) is 97.5 Å². The number of halogens is 1. The Balaban J connectivity index is 1.82. The van der Waals surface area contributed by atoms with Crippen molar-refractivity contribution in [1.29, 1.82) is 0 Å². The highest BCUT2D eigenvalue weighted by Gasteiger charge is 2.12. The lowest BCUT2D eigenvalue weighted by atomic mass is 10.1. The first-order chi connectivity index (χ1) is 14.0. The SMILES string of the molecule is Cc1ccc(N=c2scc(-c3ccc([N+](=O)[O-])cc3)n2Cc2ccco2)cc1Cl. The summed E-state index contributed by atoms with van der Waals surface area (Å²) >= 11 is 7.73. The highest BCUT2D eigenvalue weighted by atomic mass is 35.5. The quantitative estimate of drug-likeness (QED) is 0.292. The van der Waals surface area contributed by atoms with E-state index in [0.29, 0.717) is 11.6 Å². The number of nitro benzene ring substituents is 1. The van der Waals surface area contributed by atoms with Crippen molar-refractivity contribution in [3.63, 3.8) is 0 Å². The number of rotatable bonds is 5. The third kappa shape index (κ3) is 4.16. The molecule has 2 heterocycles. The molecule has 4 aromatic rings. The molecule has 0 unspecified atom stereocenters. The van der Waals surface area contributed by atoms with Crippen LogP contribution in [0.2, 0.25) is 5.02 Å². The zero-order valence-corrected chi connectivity index (χ0v) is 17.0. The van der Waals surface area contributed by atoms with Crippen LogP contribution in [0.1, 0.15) is 11.3 Å². The highest BCUT2D eigenvalue weighted by molar-refractivity contribution is 7.07. The summed E-state index contributed by atoms with van der Waals surface area (Å²) in [7, 11) is 0. The normalized spacial score (nSPS) is 11.7. The fourth-order valence-electron chi connectivity index (χ4n) is 2.88. The minimum absolute atomic E-state index is 0.0563. The molecule has 0 atom stereocenters. The van der Waals surface area contributed by atoms with Gasteiger partial charge >= 0.3 is 0 Å². The van der Waals surface area contributed by atoms with Crippen molar-refractivity contribution in [3.8, 4) is 11.3 Å². The lowest BCUT2D eigenvalue weighted by Crippen LogP contribution is -2.16. The summed E-state index contributed by atoms with van der Waals surface area (Å²) in [5, 5.41) is 13.6. The number of nitrogens with zero attached hydrogens (tertiary/aromatic N) is 3. The molecular formula is C21H16ClN3O3S. The van der Waals surface area contributed by atoms with Crippen LogP contribution in [0.3, 0.4) is 0 Å². The molecule has 4 rings (SSSR count). The fraction of sp³-hybridized carbons (Fsp3) is 0.0952. The van der Waals surface area contributed by atoms with E-state index in [9.17, 15) is 10.1 Å². The Labute approximate surface area is 175 Å². The van der Waals surface area contributed by atoms with Gasteiger partial charge in [0.1, 0.15) is 5.76 Å². The van der Waals surface area contributed by atoms with Crippen LogP contribution >= 0.6 is 22.9 Å². The summed E-state index contributed by atoms with van der Waals surface area (Å²) in [5.74, 6) is 0.787. The Bertz CT molecular complexity index is 1230. The Morgan fingerprint density at radius 3 is 2.66 bits per heavy atom. The van der Waals surface area contributed by atoms with Crippen molar-refractivity contribution in [2.45, 2.75) is 13.5 Å². The third-order valence-electron chi connectivity index (χ3n) is 4.45. The lowest BCUT2D eigenvalue weighted by molar-refractivity contribution is -0.384. The number of benzene rings is 2. The van der Waals surface area contributed by atoms with Gasteiger partial charge in [-0.3, -0.25) is 10.1 Å². The standard InChI is InChI=1S/C21H16ClN3O3S/c1-14-4-7-16(11-19(14)22)23-21-24(12-18-3-2-10-28-18)20(13-29-21)15-5-8-17(9-6-15)25(26)27/h2-11,13H,12H2,1H3. The molecule has 0 saturated carbocycles. The van der Waals surface area contributed by atoms with E-state index >= 15 is 0 Å². The van der Waals surface area contributed by atoms with Crippen molar-refractivity contribution >= 4 is 34.3 Å². The van der Waals surface area contributed by atoms with Crippen molar-refractivity contribution in [2.24, 2.45) is 4.99 Å². The van der Waals surface area contributed by atoms with Crippen LogP contribution in [0.15, 0.2) is 75.7 Å². The molecule has 2 aromatic carbocycles. The Kier molecular flexibility index (Phi) is 5.33. The highest BCUT2D eigenvalue weighted by Crippen LogP contribution is 2.25. The van der Waals surface area contributed by atoms with Crippen LogP contribution in [0, 0.1) is 17.0 Å². The molecule has 146 valence electrons. The molecule has 29 heavy (non-hydrogen) atoms. The maximum atomic E-state index is 11.0. The fourth-order valence-corrected chi connectivity index (χ4v) is 3.98. The van der Waals surface area contributed by atoms with E-state index in [1.54, 1.807) is 18.4 Å². The average Bonchev–Trinajstić information content (AvgIpc) is 3.36. The minimum Gasteiger partial charge on any atom is -0.467 e. The molecule has 0 saturated heterocycles. The Hall–Kier alpha value is -3.16. The van der Waals surface area contributed by atoms with Gasteiger partial charge in [-0.25, -0.2) is 4.99 Å². The zero-order chi connectivity index (χ0) is 20.4. The summed E-state index contributed by atoms with van der Waals surface area (Å²) < 4.78 is 7.55. The number of furan rings is 1. The summed E-state index contributed by atoms with van der Waals surface area (Å²) in [6, 6.07) is 15.9. The molecule has 0 radical (unpaired) electrons. The van der Waals surface area contributed by atoms with Gasteiger partial charge in [-0.2, -0.15) is 0 Å². The molecule has 0 spiro atoms. The van der Waals surface area contributed by atoms with E-state index in [0.717, 1.165) is 33.1 Å². The second-order valence-electron chi connectivity index (χ2n) is 6.42. The Morgan fingerprint density at radius 1 is 1.21 bits per heavy atom. The monoisotopic (exact) mass is 425 g/mol. The van der Waals surface area contributed by atoms with Crippen LogP contribution in [-0.2, 0) is 6.54 Å². The van der Waals surface area contributed by atoms with E-state index in [4.69, 9.17) is 21.0 Å². The second kappa shape index (κ2) is 8.06. The molecule has 2 aromatic heterocycles. The molecule has 6 nitrogen and oxygen atoms in total.